The number of aromatic nitrogens is 2. The molecule has 13 heavy (non-hydrogen) atoms. The highest BCUT2D eigenvalue weighted by Crippen LogP contribution is 2.12. The molecule has 1 N–H and O–H groups in total. The molecule has 1 aromatic rings. The van der Waals surface area contributed by atoms with Gasteiger partial charge in [-0.1, -0.05) is 5.10 Å². The molecule has 0 aliphatic carbocycles. The van der Waals surface area contributed by atoms with E-state index in [0.29, 0.717) is 11.9 Å². The molecule has 5 nitrogen and oxygen atoms in total. The van der Waals surface area contributed by atoms with Crippen molar-refractivity contribution in [1.29, 1.82) is 0 Å². The van der Waals surface area contributed by atoms with Crippen LogP contribution in [0.4, 0.5) is 6.01 Å². The van der Waals surface area contributed by atoms with E-state index < -0.39 is 0 Å². The summed E-state index contributed by atoms with van der Waals surface area (Å²) in [6.45, 7) is 5.81. The van der Waals surface area contributed by atoms with Crippen LogP contribution in [0, 0.1) is 6.92 Å². The summed E-state index contributed by atoms with van der Waals surface area (Å²) in [4.78, 5) is 2.12. The van der Waals surface area contributed by atoms with Crippen LogP contribution in [0.1, 0.15) is 12.3 Å². The first-order valence-corrected chi connectivity index (χ1v) is 4.62. The number of anilines is 1. The molecule has 0 amide bonds. The Bertz CT molecular complexity index is 265. The highest BCUT2D eigenvalue weighted by atomic mass is 16.4. The molecule has 72 valence electrons. The topological polar surface area (TPSA) is 54.2 Å². The van der Waals surface area contributed by atoms with E-state index in [4.69, 9.17) is 4.42 Å². The zero-order valence-corrected chi connectivity index (χ0v) is 7.79. The summed E-state index contributed by atoms with van der Waals surface area (Å²) in [6, 6.07) is 0.654. The van der Waals surface area contributed by atoms with Crippen molar-refractivity contribution in [3.63, 3.8) is 0 Å². The zero-order valence-electron chi connectivity index (χ0n) is 7.79. The summed E-state index contributed by atoms with van der Waals surface area (Å²) < 4.78 is 5.35. The maximum atomic E-state index is 5.35. The van der Waals surface area contributed by atoms with Crippen molar-refractivity contribution in [3.8, 4) is 0 Å². The van der Waals surface area contributed by atoms with Crippen molar-refractivity contribution in [1.82, 2.24) is 15.5 Å². The molecular formula is C8H14N4O. The molecule has 1 aliphatic heterocycles. The first-order valence-electron chi connectivity index (χ1n) is 4.62. The molecule has 1 saturated heterocycles. The number of hydrogen-bond acceptors (Lipinski definition) is 5. The van der Waals surface area contributed by atoms with Crippen LogP contribution in [0.2, 0.25) is 0 Å². The average Bonchev–Trinajstić information content (AvgIpc) is 2.43. The van der Waals surface area contributed by atoms with Crippen LogP contribution >= 0.6 is 0 Å². The molecule has 1 fully saturated rings. The van der Waals surface area contributed by atoms with E-state index in [2.05, 4.69) is 20.4 Å². The molecule has 0 aromatic carbocycles. The van der Waals surface area contributed by atoms with Crippen LogP contribution < -0.4 is 10.2 Å². The minimum absolute atomic E-state index is 0.632. The molecule has 2 heterocycles. The number of nitrogens with one attached hydrogen (secondary N) is 1. The highest BCUT2D eigenvalue weighted by molar-refractivity contribution is 5.23. The largest absolute Gasteiger partial charge is 0.408 e. The third-order valence-electron chi connectivity index (χ3n) is 2.13. The van der Waals surface area contributed by atoms with E-state index >= 15 is 0 Å². The molecule has 2 rings (SSSR count). The fraction of sp³-hybridized carbons (Fsp3) is 0.750. The standard InChI is InChI=1S/C8H14N4O/c1-7-10-11-8(13-7)12-5-2-3-9-4-6-12/h9H,2-6H2,1H3. The molecule has 0 bridgehead atoms. The molecule has 0 atom stereocenters. The lowest BCUT2D eigenvalue weighted by Crippen LogP contribution is -2.28. The van der Waals surface area contributed by atoms with Gasteiger partial charge in [-0.3, -0.25) is 0 Å². The van der Waals surface area contributed by atoms with E-state index in [0.717, 1.165) is 32.6 Å². The smallest absolute Gasteiger partial charge is 0.318 e. The Labute approximate surface area is 77.1 Å². The molecule has 1 aromatic heterocycles. The minimum Gasteiger partial charge on any atom is -0.408 e. The first kappa shape index (κ1) is 8.50. The lowest BCUT2D eigenvalue weighted by atomic mass is 10.4. The second kappa shape index (κ2) is 3.74. The number of hydrogen-bond donors (Lipinski definition) is 1. The SMILES string of the molecule is Cc1nnc(N2CCCNCC2)o1. The monoisotopic (exact) mass is 182 g/mol. The van der Waals surface area contributed by atoms with Crippen LogP contribution in [0.3, 0.4) is 0 Å². The van der Waals surface area contributed by atoms with Gasteiger partial charge >= 0.3 is 6.01 Å². The zero-order chi connectivity index (χ0) is 9.10. The van der Waals surface area contributed by atoms with Crippen LogP contribution in [-0.2, 0) is 0 Å². The van der Waals surface area contributed by atoms with Crippen LogP contribution in [0.25, 0.3) is 0 Å². The van der Waals surface area contributed by atoms with Crippen molar-refractivity contribution in [2.75, 3.05) is 31.1 Å². The van der Waals surface area contributed by atoms with Crippen LogP contribution in [0.15, 0.2) is 4.42 Å². The van der Waals surface area contributed by atoms with Gasteiger partial charge in [0, 0.05) is 26.6 Å². The van der Waals surface area contributed by atoms with Gasteiger partial charge in [-0.15, -0.1) is 5.10 Å². The summed E-state index contributed by atoms with van der Waals surface area (Å²) in [5.74, 6) is 0.632. The number of aryl methyl sites for hydroxylation is 1. The Hall–Kier alpha value is -1.10. The normalized spacial score (nSPS) is 18.7. The molecule has 5 heteroatoms. The fourth-order valence-electron chi connectivity index (χ4n) is 1.45. The van der Waals surface area contributed by atoms with Gasteiger partial charge in [-0.2, -0.15) is 0 Å². The molecule has 0 saturated carbocycles. The van der Waals surface area contributed by atoms with Gasteiger partial charge in [0.05, 0.1) is 0 Å². The van der Waals surface area contributed by atoms with Crippen molar-refractivity contribution >= 4 is 6.01 Å². The van der Waals surface area contributed by atoms with Crippen molar-refractivity contribution in [2.45, 2.75) is 13.3 Å². The summed E-state index contributed by atoms with van der Waals surface area (Å²) in [5.41, 5.74) is 0. The minimum atomic E-state index is 0.632. The maximum absolute atomic E-state index is 5.35. The fourth-order valence-corrected chi connectivity index (χ4v) is 1.45. The summed E-state index contributed by atoms with van der Waals surface area (Å²) in [7, 11) is 0. The second-order valence-corrected chi connectivity index (χ2v) is 3.19. The molecule has 0 unspecified atom stereocenters. The first-order chi connectivity index (χ1) is 6.36. The van der Waals surface area contributed by atoms with E-state index in [9.17, 15) is 0 Å². The second-order valence-electron chi connectivity index (χ2n) is 3.19. The summed E-state index contributed by atoms with van der Waals surface area (Å²) in [5, 5.41) is 11.1. The predicted octanol–water partition coefficient (Wildman–Crippen LogP) is 0.178. The third kappa shape index (κ3) is 1.98. The average molecular weight is 182 g/mol. The van der Waals surface area contributed by atoms with Crippen molar-refractivity contribution in [2.24, 2.45) is 0 Å². The Kier molecular flexibility index (Phi) is 2.44. The van der Waals surface area contributed by atoms with E-state index in [1.54, 1.807) is 0 Å². The van der Waals surface area contributed by atoms with Gasteiger partial charge in [0.25, 0.3) is 0 Å². The van der Waals surface area contributed by atoms with Crippen molar-refractivity contribution < 1.29 is 4.42 Å². The van der Waals surface area contributed by atoms with Gasteiger partial charge in [0.15, 0.2) is 0 Å². The quantitative estimate of drug-likeness (QED) is 0.671. The lowest BCUT2D eigenvalue weighted by Gasteiger charge is -2.15. The Morgan fingerprint density at radius 1 is 1.31 bits per heavy atom. The van der Waals surface area contributed by atoms with Gasteiger partial charge in [-0.25, -0.2) is 0 Å². The van der Waals surface area contributed by atoms with E-state index in [1.165, 1.54) is 0 Å². The number of nitrogens with zero attached hydrogens (tertiary/aromatic N) is 3. The Morgan fingerprint density at radius 3 is 3.00 bits per heavy atom. The molecular weight excluding hydrogens is 168 g/mol. The summed E-state index contributed by atoms with van der Waals surface area (Å²) in [6.07, 6.45) is 1.13. The van der Waals surface area contributed by atoms with Gasteiger partial charge < -0.3 is 14.6 Å². The van der Waals surface area contributed by atoms with Gasteiger partial charge in [0.1, 0.15) is 0 Å². The molecule has 0 spiro atoms. The van der Waals surface area contributed by atoms with Crippen molar-refractivity contribution in [3.05, 3.63) is 5.89 Å². The molecule has 1 aliphatic rings. The highest BCUT2D eigenvalue weighted by Gasteiger charge is 2.14. The summed E-state index contributed by atoms with van der Waals surface area (Å²) >= 11 is 0. The van der Waals surface area contributed by atoms with Gasteiger partial charge in [0.2, 0.25) is 5.89 Å². The third-order valence-corrected chi connectivity index (χ3v) is 2.13. The molecule has 0 radical (unpaired) electrons. The Balaban J connectivity index is 2.06. The predicted molar refractivity (Wildman–Crippen MR) is 48.7 cm³/mol. The Morgan fingerprint density at radius 2 is 2.23 bits per heavy atom. The number of rotatable bonds is 1. The maximum Gasteiger partial charge on any atom is 0.318 e. The van der Waals surface area contributed by atoms with Gasteiger partial charge in [-0.05, 0) is 13.0 Å². The van der Waals surface area contributed by atoms with Crippen LogP contribution in [0.5, 0.6) is 0 Å². The van der Waals surface area contributed by atoms with Crippen LogP contribution in [-0.4, -0.2) is 36.4 Å². The van der Waals surface area contributed by atoms with E-state index in [1.807, 2.05) is 6.92 Å². The van der Waals surface area contributed by atoms with E-state index in [-0.39, 0.29) is 0 Å². The lowest BCUT2D eigenvalue weighted by molar-refractivity contribution is 0.505.